The lowest BCUT2D eigenvalue weighted by molar-refractivity contribution is 0.0690. The van der Waals surface area contributed by atoms with Crippen LogP contribution in [0.5, 0.6) is 0 Å². The lowest BCUT2D eigenvalue weighted by atomic mass is 10.1. The molecular weight excluding hydrogens is 276 g/mol. The average Bonchev–Trinajstić information content (AvgIpc) is 3.24. The highest BCUT2D eigenvalue weighted by Crippen LogP contribution is 2.43. The molecule has 2 unspecified atom stereocenters. The number of halogens is 2. The molecule has 1 fully saturated rings. The lowest BCUT2D eigenvalue weighted by Gasteiger charge is -2.09. The molecule has 0 spiro atoms. The third kappa shape index (κ3) is 2.59. The minimum atomic E-state index is -1.48. The molecule has 0 amide bonds. The van der Waals surface area contributed by atoms with E-state index >= 15 is 0 Å². The van der Waals surface area contributed by atoms with Gasteiger partial charge in [-0.25, -0.2) is 13.6 Å². The Morgan fingerprint density at radius 1 is 1.10 bits per heavy atom. The second-order valence-corrected chi connectivity index (χ2v) is 5.10. The van der Waals surface area contributed by atoms with Gasteiger partial charge in [-0.15, -0.1) is 0 Å². The summed E-state index contributed by atoms with van der Waals surface area (Å²) in [5, 5.41) is 11.7. The lowest BCUT2D eigenvalue weighted by Crippen LogP contribution is -2.10. The number of carboxylic acids is 1. The first-order valence-corrected chi connectivity index (χ1v) is 6.60. The molecule has 2 N–H and O–H groups in total. The minimum Gasteiger partial charge on any atom is -0.478 e. The zero-order valence-corrected chi connectivity index (χ0v) is 11.0. The fourth-order valence-corrected chi connectivity index (χ4v) is 2.45. The van der Waals surface area contributed by atoms with Crippen molar-refractivity contribution in [2.75, 3.05) is 5.32 Å². The maximum atomic E-state index is 13.8. The molecule has 2 aromatic carbocycles. The largest absolute Gasteiger partial charge is 0.478 e. The van der Waals surface area contributed by atoms with Crippen LogP contribution in [0.4, 0.5) is 14.5 Å². The highest BCUT2D eigenvalue weighted by Gasteiger charge is 2.38. The molecule has 0 radical (unpaired) electrons. The first-order chi connectivity index (χ1) is 10.1. The van der Waals surface area contributed by atoms with E-state index in [1.165, 1.54) is 6.07 Å². The van der Waals surface area contributed by atoms with Crippen LogP contribution >= 0.6 is 0 Å². The molecule has 2 aromatic rings. The van der Waals surface area contributed by atoms with Crippen LogP contribution < -0.4 is 5.32 Å². The van der Waals surface area contributed by atoms with E-state index in [0.29, 0.717) is 0 Å². The maximum Gasteiger partial charge on any atom is 0.338 e. The van der Waals surface area contributed by atoms with Gasteiger partial charge in [-0.05, 0) is 24.1 Å². The number of nitrogens with one attached hydrogen (secondary N) is 1. The van der Waals surface area contributed by atoms with E-state index in [2.05, 4.69) is 5.32 Å². The molecule has 5 heteroatoms. The first kappa shape index (κ1) is 13.5. The third-order valence-electron chi connectivity index (χ3n) is 3.67. The van der Waals surface area contributed by atoms with Crippen LogP contribution in [0.15, 0.2) is 42.5 Å². The first-order valence-electron chi connectivity index (χ1n) is 6.60. The maximum absolute atomic E-state index is 13.8. The van der Waals surface area contributed by atoms with Gasteiger partial charge in [0.2, 0.25) is 0 Å². The highest BCUT2D eigenvalue weighted by atomic mass is 19.2. The number of rotatable bonds is 4. The number of carboxylic acid groups (broad SMARTS) is 1. The van der Waals surface area contributed by atoms with Crippen molar-refractivity contribution >= 4 is 11.7 Å². The summed E-state index contributed by atoms with van der Waals surface area (Å²) in [4.78, 5) is 10.7. The summed E-state index contributed by atoms with van der Waals surface area (Å²) in [6.07, 6.45) is 0.839. The molecule has 3 rings (SSSR count). The summed E-state index contributed by atoms with van der Waals surface area (Å²) in [7, 11) is 0. The van der Waals surface area contributed by atoms with Crippen molar-refractivity contribution in [3.05, 3.63) is 65.2 Å². The van der Waals surface area contributed by atoms with E-state index < -0.39 is 23.2 Å². The number of carbonyl (C=O) groups is 1. The normalized spacial score (nSPS) is 20.1. The van der Waals surface area contributed by atoms with Crippen molar-refractivity contribution in [2.45, 2.75) is 18.4 Å². The average molecular weight is 289 g/mol. The number of benzene rings is 2. The fourth-order valence-electron chi connectivity index (χ4n) is 2.45. The number of aromatic carboxylic acids is 1. The fraction of sp³-hybridized carbons (Fsp3) is 0.188. The third-order valence-corrected chi connectivity index (χ3v) is 3.67. The van der Waals surface area contributed by atoms with Crippen molar-refractivity contribution < 1.29 is 18.7 Å². The summed E-state index contributed by atoms with van der Waals surface area (Å²) >= 11 is 0. The van der Waals surface area contributed by atoms with Crippen molar-refractivity contribution in [1.82, 2.24) is 0 Å². The van der Waals surface area contributed by atoms with Crippen molar-refractivity contribution in [3.63, 3.8) is 0 Å². The predicted octanol–water partition coefficient (Wildman–Crippen LogP) is 3.63. The Morgan fingerprint density at radius 3 is 2.48 bits per heavy atom. The van der Waals surface area contributed by atoms with Crippen molar-refractivity contribution in [2.24, 2.45) is 0 Å². The van der Waals surface area contributed by atoms with Gasteiger partial charge >= 0.3 is 5.97 Å². The second-order valence-electron chi connectivity index (χ2n) is 5.10. The van der Waals surface area contributed by atoms with Gasteiger partial charge in [-0.2, -0.15) is 0 Å². The van der Waals surface area contributed by atoms with E-state index in [4.69, 9.17) is 5.11 Å². The minimum absolute atomic E-state index is 0.000862. The van der Waals surface area contributed by atoms with E-state index in [1.54, 1.807) is 0 Å². The molecule has 21 heavy (non-hydrogen) atoms. The summed E-state index contributed by atoms with van der Waals surface area (Å²) in [5.74, 6) is -3.68. The molecule has 0 heterocycles. The van der Waals surface area contributed by atoms with Crippen LogP contribution in [-0.4, -0.2) is 17.1 Å². The van der Waals surface area contributed by atoms with E-state index in [9.17, 15) is 13.6 Å². The van der Waals surface area contributed by atoms with Gasteiger partial charge in [0.1, 0.15) is 0 Å². The molecule has 2 atom stereocenters. The molecule has 0 aliphatic heterocycles. The van der Waals surface area contributed by atoms with Gasteiger partial charge in [0.25, 0.3) is 0 Å². The van der Waals surface area contributed by atoms with Crippen molar-refractivity contribution in [1.29, 1.82) is 0 Å². The van der Waals surface area contributed by atoms with Crippen LogP contribution in [-0.2, 0) is 0 Å². The summed E-state index contributed by atoms with van der Waals surface area (Å²) in [6, 6.07) is 12.2. The monoisotopic (exact) mass is 289 g/mol. The Hall–Kier alpha value is -2.43. The number of hydrogen-bond donors (Lipinski definition) is 2. The van der Waals surface area contributed by atoms with E-state index in [1.807, 2.05) is 30.3 Å². The second kappa shape index (κ2) is 5.16. The van der Waals surface area contributed by atoms with Gasteiger partial charge in [0, 0.05) is 12.0 Å². The van der Waals surface area contributed by atoms with E-state index in [0.717, 1.165) is 18.1 Å². The zero-order chi connectivity index (χ0) is 15.0. The van der Waals surface area contributed by atoms with Gasteiger partial charge in [-0.1, -0.05) is 30.3 Å². The van der Waals surface area contributed by atoms with Crippen LogP contribution in [0.2, 0.25) is 0 Å². The summed E-state index contributed by atoms with van der Waals surface area (Å²) in [5.41, 5.74) is 0.493. The SMILES string of the molecule is O=C(O)c1ccc(NC2CC2c2ccccc2)c(F)c1F. The summed E-state index contributed by atoms with van der Waals surface area (Å²) in [6.45, 7) is 0. The highest BCUT2D eigenvalue weighted by molar-refractivity contribution is 5.88. The van der Waals surface area contributed by atoms with Crippen LogP contribution in [0.3, 0.4) is 0 Å². The molecule has 108 valence electrons. The molecule has 1 aliphatic rings. The molecule has 1 saturated carbocycles. The van der Waals surface area contributed by atoms with Gasteiger partial charge < -0.3 is 10.4 Å². The molecule has 0 aromatic heterocycles. The Morgan fingerprint density at radius 2 is 1.81 bits per heavy atom. The van der Waals surface area contributed by atoms with Gasteiger partial charge in [-0.3, -0.25) is 0 Å². The molecule has 1 aliphatic carbocycles. The van der Waals surface area contributed by atoms with Crippen molar-refractivity contribution in [3.8, 4) is 0 Å². The molecule has 0 bridgehead atoms. The molecular formula is C16H13F2NO2. The Labute approximate surface area is 120 Å². The molecule has 3 nitrogen and oxygen atoms in total. The van der Waals surface area contributed by atoms with E-state index in [-0.39, 0.29) is 17.6 Å². The quantitative estimate of drug-likeness (QED) is 0.903. The van der Waals surface area contributed by atoms with Gasteiger partial charge in [0.05, 0.1) is 11.3 Å². The van der Waals surface area contributed by atoms with Gasteiger partial charge in [0.15, 0.2) is 11.6 Å². The Bertz CT molecular complexity index is 688. The number of hydrogen-bond acceptors (Lipinski definition) is 2. The number of anilines is 1. The standard InChI is InChI=1S/C16H13F2NO2/c17-14-10(16(20)21)6-7-12(15(14)18)19-13-8-11(13)9-4-2-1-3-5-9/h1-7,11,13,19H,8H2,(H,20,21). The Kier molecular flexibility index (Phi) is 3.33. The van der Waals surface area contributed by atoms with Crippen LogP contribution in [0.1, 0.15) is 28.3 Å². The topological polar surface area (TPSA) is 49.3 Å². The Balaban J connectivity index is 1.76. The smallest absolute Gasteiger partial charge is 0.338 e. The molecule has 0 saturated heterocycles. The van der Waals surface area contributed by atoms with Crippen LogP contribution in [0, 0.1) is 11.6 Å². The predicted molar refractivity (Wildman–Crippen MR) is 74.5 cm³/mol. The zero-order valence-electron chi connectivity index (χ0n) is 11.0. The summed E-state index contributed by atoms with van der Waals surface area (Å²) < 4.78 is 27.4. The van der Waals surface area contributed by atoms with Crippen LogP contribution in [0.25, 0.3) is 0 Å².